The molecule has 214 valence electrons. The van der Waals surface area contributed by atoms with Crippen LogP contribution in [-0.2, 0) is 22.9 Å². The van der Waals surface area contributed by atoms with Crippen LogP contribution in [-0.4, -0.2) is 22.1 Å². The second-order valence-electron chi connectivity index (χ2n) is 9.13. The normalized spacial score (nSPS) is 11.8. The average molecular weight is 581 g/mol. The summed E-state index contributed by atoms with van der Waals surface area (Å²) in [4.78, 5) is 9.35. The molecule has 0 bridgehead atoms. The van der Waals surface area contributed by atoms with Gasteiger partial charge in [-0.2, -0.15) is 0 Å². The van der Waals surface area contributed by atoms with E-state index in [1.165, 1.54) is 6.07 Å². The van der Waals surface area contributed by atoms with E-state index in [1.54, 1.807) is 0 Å². The van der Waals surface area contributed by atoms with Crippen LogP contribution in [0.2, 0.25) is 0 Å². The first-order chi connectivity index (χ1) is 19.0. The molecule has 2 N–H and O–H groups in total. The number of hydrogen-bond acceptors (Lipinski definition) is 4. The molecule has 3 aromatic rings. The maximum atomic E-state index is 9.36. The van der Waals surface area contributed by atoms with Gasteiger partial charge < -0.3 is 10.2 Å². The van der Waals surface area contributed by atoms with E-state index >= 15 is 0 Å². The van der Waals surface area contributed by atoms with E-state index in [-0.39, 0.29) is 28.0 Å². The number of aromatic hydroxyl groups is 2. The predicted molar refractivity (Wildman–Crippen MR) is 169 cm³/mol. The molecule has 0 aliphatic carbocycles. The molecule has 0 aliphatic heterocycles. The summed E-state index contributed by atoms with van der Waals surface area (Å²) >= 11 is 0. The fraction of sp³-hybridized carbons (Fsp3) is 0.257. The fourth-order valence-electron chi connectivity index (χ4n) is 3.67. The van der Waals surface area contributed by atoms with Gasteiger partial charge in [0.25, 0.3) is 0 Å². The Morgan fingerprint density at radius 2 is 1.50 bits per heavy atom. The number of nitrogens with zero attached hydrogens (tertiary/aromatic N) is 2. The molecule has 3 rings (SSSR count). The van der Waals surface area contributed by atoms with E-state index in [2.05, 4.69) is 37.0 Å². The smallest absolute Gasteiger partial charge is 0.160 e. The van der Waals surface area contributed by atoms with E-state index < -0.39 is 0 Å². The largest absolute Gasteiger partial charge is 0.504 e. The number of phenols is 2. The second-order valence-corrected chi connectivity index (χ2v) is 9.13. The molecule has 0 unspecified atom stereocenters. The Morgan fingerprint density at radius 3 is 2.15 bits per heavy atom. The van der Waals surface area contributed by atoms with Crippen molar-refractivity contribution in [3.05, 3.63) is 114 Å². The van der Waals surface area contributed by atoms with Gasteiger partial charge in [-0.15, -0.1) is 0 Å². The first-order valence-corrected chi connectivity index (χ1v) is 13.7. The van der Waals surface area contributed by atoms with E-state index in [4.69, 9.17) is 10.1 Å². The molecule has 0 aliphatic rings. The number of rotatable bonds is 11. The van der Waals surface area contributed by atoms with Crippen LogP contribution in [0.4, 0.5) is 11.4 Å². The Labute approximate surface area is 250 Å². The summed E-state index contributed by atoms with van der Waals surface area (Å²) in [5.74, 6) is -0.0201. The molecule has 0 atom stereocenters. The molecule has 0 heterocycles. The third-order valence-corrected chi connectivity index (χ3v) is 5.93. The Hall–Kier alpha value is -3.69. The number of aryl methyl sites for hydroxylation is 1. The number of phenolic OH excluding ortho intramolecular Hbond substituents is 2. The van der Waals surface area contributed by atoms with Crippen molar-refractivity contribution in [2.24, 2.45) is 9.98 Å². The van der Waals surface area contributed by atoms with Gasteiger partial charge in [-0.3, -0.25) is 9.98 Å². The predicted octanol–water partition coefficient (Wildman–Crippen LogP) is 9.85. The summed E-state index contributed by atoms with van der Waals surface area (Å²) in [5, 5.41) is 18.5. The summed E-state index contributed by atoms with van der Waals surface area (Å²) in [6, 6.07) is 21.7. The standard InChI is InChI=1S/C25H28N2.C10H14O2.Ni/c1-3-5-7-8-10-13-22-17-19-23(20-18-22)26-21-25(14-6-4-2)27-24-15-11-9-12-16-24;1-3-4-8-5-6-9(11)10(12)7(8)2;/h3,5,7-13,15-21H,4,6,14H2,1-2H3;5-6,11-12H,3-4H2,1-2H3;/b5-3+,8-7+,13-10-,26-21?,27-25?;;. The minimum atomic E-state index is -0.0349. The Kier molecular flexibility index (Phi) is 17.4. The van der Waals surface area contributed by atoms with Gasteiger partial charge in [-0.05, 0) is 80.1 Å². The van der Waals surface area contributed by atoms with Crippen molar-refractivity contribution in [3.8, 4) is 11.5 Å². The van der Waals surface area contributed by atoms with Crippen molar-refractivity contribution in [2.45, 2.75) is 59.8 Å². The third-order valence-electron chi connectivity index (χ3n) is 5.93. The van der Waals surface area contributed by atoms with Crippen molar-refractivity contribution in [1.82, 2.24) is 0 Å². The zero-order valence-electron chi connectivity index (χ0n) is 24.0. The number of hydrogen-bond donors (Lipinski definition) is 2. The van der Waals surface area contributed by atoms with Crippen molar-refractivity contribution in [3.63, 3.8) is 0 Å². The minimum absolute atomic E-state index is 0. The zero-order chi connectivity index (χ0) is 28.3. The molecule has 0 spiro atoms. The van der Waals surface area contributed by atoms with E-state index in [0.29, 0.717) is 0 Å². The van der Waals surface area contributed by atoms with Gasteiger partial charge in [0.1, 0.15) is 0 Å². The average Bonchev–Trinajstić information content (AvgIpc) is 2.96. The Morgan fingerprint density at radius 1 is 0.800 bits per heavy atom. The molecule has 0 amide bonds. The van der Waals surface area contributed by atoms with Crippen LogP contribution in [0.3, 0.4) is 0 Å². The van der Waals surface area contributed by atoms with E-state index in [9.17, 15) is 5.11 Å². The molecular weight excluding hydrogens is 539 g/mol. The van der Waals surface area contributed by atoms with Gasteiger partial charge in [0, 0.05) is 22.7 Å². The maximum Gasteiger partial charge on any atom is 0.160 e. The second kappa shape index (κ2) is 20.2. The first kappa shape index (κ1) is 34.3. The topological polar surface area (TPSA) is 65.2 Å². The van der Waals surface area contributed by atoms with Gasteiger partial charge in [0.05, 0.1) is 17.1 Å². The summed E-state index contributed by atoms with van der Waals surface area (Å²) in [6.07, 6.45) is 19.2. The van der Waals surface area contributed by atoms with Crippen LogP contribution >= 0.6 is 0 Å². The number of allylic oxidation sites excluding steroid dienone is 5. The van der Waals surface area contributed by atoms with Crippen LogP contribution in [0.15, 0.2) is 107 Å². The monoisotopic (exact) mass is 580 g/mol. The molecule has 0 fully saturated rings. The van der Waals surface area contributed by atoms with E-state index in [0.717, 1.165) is 65.9 Å². The maximum absolute atomic E-state index is 9.36. The fourth-order valence-corrected chi connectivity index (χ4v) is 3.67. The number of unbranched alkanes of at least 4 members (excludes halogenated alkanes) is 1. The summed E-state index contributed by atoms with van der Waals surface area (Å²) in [6.45, 7) is 8.10. The van der Waals surface area contributed by atoms with Crippen molar-refractivity contribution < 1.29 is 26.7 Å². The first-order valence-electron chi connectivity index (χ1n) is 13.7. The molecule has 3 aromatic carbocycles. The van der Waals surface area contributed by atoms with Gasteiger partial charge >= 0.3 is 0 Å². The molecule has 40 heavy (non-hydrogen) atoms. The third kappa shape index (κ3) is 12.9. The Bertz CT molecular complexity index is 1270. The van der Waals surface area contributed by atoms with Crippen LogP contribution in [0, 0.1) is 6.92 Å². The molecule has 4 nitrogen and oxygen atoms in total. The van der Waals surface area contributed by atoms with Crippen LogP contribution in [0.1, 0.15) is 63.1 Å². The molecule has 0 aromatic heterocycles. The molecule has 0 saturated heterocycles. The quantitative estimate of drug-likeness (QED) is 0.102. The van der Waals surface area contributed by atoms with Crippen molar-refractivity contribution in [1.29, 1.82) is 0 Å². The number of para-hydroxylation sites is 1. The van der Waals surface area contributed by atoms with Gasteiger partial charge in [-0.25, -0.2) is 0 Å². The van der Waals surface area contributed by atoms with Gasteiger partial charge in [0.15, 0.2) is 11.5 Å². The molecule has 5 heteroatoms. The van der Waals surface area contributed by atoms with Crippen molar-refractivity contribution >= 4 is 29.4 Å². The minimum Gasteiger partial charge on any atom is -0.504 e. The van der Waals surface area contributed by atoms with Crippen LogP contribution < -0.4 is 0 Å². The summed E-state index contributed by atoms with van der Waals surface area (Å²) < 4.78 is 0. The molecule has 0 radical (unpaired) electrons. The van der Waals surface area contributed by atoms with Crippen molar-refractivity contribution in [2.75, 3.05) is 0 Å². The van der Waals surface area contributed by atoms with Crippen LogP contribution in [0.5, 0.6) is 11.5 Å². The molecular formula is C35H42N2NiO2. The SMILES string of the molecule is C/C=C/C=C/C=C\c1ccc(N=CC(CCCC)=Nc2ccccc2)cc1.CCCc1ccc(O)c(O)c1C.[Ni]. The zero-order valence-corrected chi connectivity index (χ0v) is 25.0. The molecule has 0 saturated carbocycles. The van der Waals surface area contributed by atoms with E-state index in [1.807, 2.05) is 99.0 Å². The number of aliphatic imine (C=N–C) groups is 2. The Balaban J connectivity index is 0.000000516. The summed E-state index contributed by atoms with van der Waals surface area (Å²) in [5.41, 5.74) is 5.98. The summed E-state index contributed by atoms with van der Waals surface area (Å²) in [7, 11) is 0. The van der Waals surface area contributed by atoms with Crippen LogP contribution in [0.25, 0.3) is 6.08 Å². The number of benzene rings is 3. The van der Waals surface area contributed by atoms with Gasteiger partial charge in [-0.1, -0.05) is 99.5 Å². The van der Waals surface area contributed by atoms with Gasteiger partial charge in [0.2, 0.25) is 0 Å².